The van der Waals surface area contributed by atoms with E-state index in [4.69, 9.17) is 23.7 Å². The van der Waals surface area contributed by atoms with Gasteiger partial charge in [0.2, 0.25) is 11.8 Å². The van der Waals surface area contributed by atoms with Crippen LogP contribution in [0.5, 0.6) is 17.8 Å². The average Bonchev–Trinajstić information content (AvgIpc) is 3.12. The summed E-state index contributed by atoms with van der Waals surface area (Å²) < 4.78 is 67.6. The van der Waals surface area contributed by atoms with Crippen molar-refractivity contribution >= 4 is 5.91 Å². The first-order chi connectivity index (χ1) is 23.7. The van der Waals surface area contributed by atoms with Crippen molar-refractivity contribution in [1.29, 1.82) is 0 Å². The first-order valence-electron chi connectivity index (χ1n) is 16.6. The van der Waals surface area contributed by atoms with Crippen molar-refractivity contribution in [2.45, 2.75) is 43.8 Å². The summed E-state index contributed by atoms with van der Waals surface area (Å²) in [6, 6.07) is 20.3. The third-order valence-electron chi connectivity index (χ3n) is 9.11. The van der Waals surface area contributed by atoms with E-state index in [0.29, 0.717) is 45.9 Å². The summed E-state index contributed by atoms with van der Waals surface area (Å²) >= 11 is 0. The highest BCUT2D eigenvalue weighted by atomic mass is 19.4. The lowest BCUT2D eigenvalue weighted by molar-refractivity contribution is -0.162. The normalized spacial score (nSPS) is 22.1. The predicted molar refractivity (Wildman–Crippen MR) is 173 cm³/mol. The number of ether oxygens (including phenoxy) is 5. The number of hydrogen-bond donors (Lipinski definition) is 0. The van der Waals surface area contributed by atoms with Crippen molar-refractivity contribution in [1.82, 2.24) is 24.7 Å². The fourth-order valence-corrected chi connectivity index (χ4v) is 7.04. The summed E-state index contributed by atoms with van der Waals surface area (Å²) in [5.41, 5.74) is 2.57. The molecule has 3 fully saturated rings. The summed E-state index contributed by atoms with van der Waals surface area (Å²) in [6.07, 6.45) is -5.22. The van der Waals surface area contributed by atoms with Gasteiger partial charge in [0.05, 0.1) is 39.1 Å². The Kier molecular flexibility index (Phi) is 11.2. The van der Waals surface area contributed by atoms with Crippen molar-refractivity contribution in [2.24, 2.45) is 0 Å². The molecule has 1 amide bonds. The number of carbonyl (C=O) groups is 1. The number of alkyl halides is 3. The van der Waals surface area contributed by atoms with Crippen molar-refractivity contribution in [3.8, 4) is 17.8 Å². The standard InChI is InChI=1S/C35H42F3N5O6/c1-3-47-34-39-31(45-2)27(32(40-34)49-23-35(36,37)38)20-41-18-26-19-42(33(44)29-22-46-16-17-48-29)14-15-43(26)28(21-41)30(24-10-6-4-7-11-24)25-12-8-5-9-13-25/h4-13,26,28-30H,3,14-23H2,1-2H3/t26-,28+,29?/m1/s1. The number of nitrogens with zero attached hydrogens (tertiary/aromatic N) is 5. The van der Waals surface area contributed by atoms with Gasteiger partial charge in [0.15, 0.2) is 12.7 Å². The lowest BCUT2D eigenvalue weighted by Crippen LogP contribution is -2.68. The van der Waals surface area contributed by atoms with E-state index < -0.39 is 18.9 Å². The molecule has 0 N–H and O–H groups in total. The monoisotopic (exact) mass is 685 g/mol. The van der Waals surface area contributed by atoms with Crippen LogP contribution in [0.15, 0.2) is 60.7 Å². The van der Waals surface area contributed by atoms with Gasteiger partial charge in [-0.15, -0.1) is 0 Å². The molecular weight excluding hydrogens is 643 g/mol. The zero-order valence-corrected chi connectivity index (χ0v) is 27.7. The van der Waals surface area contributed by atoms with Gasteiger partial charge >= 0.3 is 12.2 Å². The van der Waals surface area contributed by atoms with Crippen LogP contribution < -0.4 is 14.2 Å². The third-order valence-corrected chi connectivity index (χ3v) is 9.11. The van der Waals surface area contributed by atoms with Crippen LogP contribution >= 0.6 is 0 Å². The Morgan fingerprint density at radius 3 is 2.24 bits per heavy atom. The molecular formula is C35H42F3N5O6. The van der Waals surface area contributed by atoms with Crippen LogP contribution in [0.1, 0.15) is 29.5 Å². The second kappa shape index (κ2) is 15.7. The molecule has 0 spiro atoms. The SMILES string of the molecule is CCOc1nc(OC)c(CN2C[C@@H]3CN(C(=O)C4COCCO4)CCN3[C@H](C(c3ccccc3)c3ccccc3)C2)c(OCC(F)(F)F)n1. The van der Waals surface area contributed by atoms with E-state index >= 15 is 0 Å². The van der Waals surface area contributed by atoms with Crippen molar-refractivity contribution in [2.75, 3.05) is 72.9 Å². The van der Waals surface area contributed by atoms with Gasteiger partial charge in [-0.2, -0.15) is 23.1 Å². The molecule has 6 rings (SSSR count). The molecule has 14 heteroatoms. The highest BCUT2D eigenvalue weighted by molar-refractivity contribution is 5.81. The van der Waals surface area contributed by atoms with Gasteiger partial charge in [-0.25, -0.2) is 0 Å². The summed E-state index contributed by atoms with van der Waals surface area (Å²) in [5, 5.41) is 0. The van der Waals surface area contributed by atoms with Crippen LogP contribution in [-0.4, -0.2) is 128 Å². The molecule has 3 aromatic rings. The second-order valence-corrected chi connectivity index (χ2v) is 12.3. The maximum Gasteiger partial charge on any atom is 0.422 e. The Labute approximate surface area is 283 Å². The molecule has 1 unspecified atom stereocenters. The first kappa shape index (κ1) is 34.9. The molecule has 49 heavy (non-hydrogen) atoms. The van der Waals surface area contributed by atoms with Gasteiger partial charge in [0, 0.05) is 57.3 Å². The van der Waals surface area contributed by atoms with Crippen molar-refractivity contribution in [3.05, 3.63) is 77.4 Å². The van der Waals surface area contributed by atoms with E-state index in [0.717, 1.165) is 11.1 Å². The van der Waals surface area contributed by atoms with Gasteiger partial charge < -0.3 is 28.6 Å². The molecule has 264 valence electrons. The van der Waals surface area contributed by atoms with Crippen LogP contribution in [0, 0.1) is 0 Å². The topological polar surface area (TPSA) is 98.7 Å². The molecule has 11 nitrogen and oxygen atoms in total. The molecule has 3 atom stereocenters. The predicted octanol–water partition coefficient (Wildman–Crippen LogP) is 3.77. The van der Waals surface area contributed by atoms with Crippen LogP contribution in [-0.2, 0) is 20.8 Å². The number of carbonyl (C=O) groups excluding carboxylic acids is 1. The fourth-order valence-electron chi connectivity index (χ4n) is 7.04. The van der Waals surface area contributed by atoms with E-state index in [1.54, 1.807) is 6.92 Å². The first-order valence-corrected chi connectivity index (χ1v) is 16.6. The molecule has 4 heterocycles. The second-order valence-electron chi connectivity index (χ2n) is 12.3. The number of fused-ring (bicyclic) bond motifs is 1. The van der Waals surface area contributed by atoms with Crippen molar-refractivity contribution < 1.29 is 41.7 Å². The maximum atomic E-state index is 13.6. The summed E-state index contributed by atoms with van der Waals surface area (Å²) in [5.74, 6) is -0.305. The molecule has 0 bridgehead atoms. The van der Waals surface area contributed by atoms with E-state index in [9.17, 15) is 18.0 Å². The minimum absolute atomic E-state index is 0.0375. The summed E-state index contributed by atoms with van der Waals surface area (Å²) in [4.78, 5) is 28.6. The van der Waals surface area contributed by atoms with Crippen LogP contribution in [0.3, 0.4) is 0 Å². The maximum absolute atomic E-state index is 13.6. The number of benzene rings is 2. The number of piperazine rings is 2. The van der Waals surface area contributed by atoms with E-state index in [-0.39, 0.29) is 67.0 Å². The minimum Gasteiger partial charge on any atom is -0.481 e. The number of methoxy groups -OCH3 is 1. The van der Waals surface area contributed by atoms with Crippen LogP contribution in [0.25, 0.3) is 0 Å². The Balaban J connectivity index is 1.36. The lowest BCUT2D eigenvalue weighted by Gasteiger charge is -2.53. The largest absolute Gasteiger partial charge is 0.481 e. The Morgan fingerprint density at radius 1 is 0.939 bits per heavy atom. The van der Waals surface area contributed by atoms with Gasteiger partial charge in [0.1, 0.15) is 0 Å². The van der Waals surface area contributed by atoms with Crippen molar-refractivity contribution in [3.63, 3.8) is 0 Å². The highest BCUT2D eigenvalue weighted by Crippen LogP contribution is 2.38. The van der Waals surface area contributed by atoms with Crippen LogP contribution in [0.2, 0.25) is 0 Å². The van der Waals surface area contributed by atoms with Gasteiger partial charge in [-0.3, -0.25) is 14.6 Å². The fraction of sp³-hybridized carbons (Fsp3) is 0.514. The summed E-state index contributed by atoms with van der Waals surface area (Å²) in [7, 11) is 1.40. The molecule has 0 radical (unpaired) electrons. The zero-order chi connectivity index (χ0) is 34.4. The number of amides is 1. The molecule has 0 aliphatic carbocycles. The highest BCUT2D eigenvalue weighted by Gasteiger charge is 2.44. The quantitative estimate of drug-likeness (QED) is 0.297. The third kappa shape index (κ3) is 8.43. The van der Waals surface area contributed by atoms with Gasteiger partial charge in [-0.05, 0) is 18.1 Å². The number of rotatable bonds is 11. The Hall–Kier alpha value is -3.98. The summed E-state index contributed by atoms with van der Waals surface area (Å²) in [6.45, 7) is 4.33. The zero-order valence-electron chi connectivity index (χ0n) is 27.7. The smallest absolute Gasteiger partial charge is 0.422 e. The number of aromatic nitrogens is 2. The number of hydrogen-bond acceptors (Lipinski definition) is 10. The van der Waals surface area contributed by atoms with E-state index in [2.05, 4.69) is 44.0 Å². The molecule has 3 saturated heterocycles. The van der Waals surface area contributed by atoms with Crippen LogP contribution in [0.4, 0.5) is 13.2 Å². The molecule has 3 aliphatic heterocycles. The minimum atomic E-state index is -4.58. The molecule has 1 aromatic heterocycles. The molecule has 0 saturated carbocycles. The van der Waals surface area contributed by atoms with Gasteiger partial charge in [0.25, 0.3) is 5.91 Å². The number of halogens is 3. The molecule has 3 aliphatic rings. The van der Waals surface area contributed by atoms with E-state index in [1.807, 2.05) is 41.3 Å². The van der Waals surface area contributed by atoms with E-state index in [1.165, 1.54) is 7.11 Å². The Morgan fingerprint density at radius 2 is 1.63 bits per heavy atom. The molecule has 2 aromatic carbocycles. The average molecular weight is 686 g/mol. The lowest BCUT2D eigenvalue weighted by atomic mass is 9.81. The van der Waals surface area contributed by atoms with Gasteiger partial charge in [-0.1, -0.05) is 60.7 Å². The Bertz CT molecular complexity index is 1490.